The van der Waals surface area contributed by atoms with Crippen molar-refractivity contribution in [1.29, 1.82) is 0 Å². The van der Waals surface area contributed by atoms with Crippen LogP contribution in [-0.2, 0) is 16.5 Å². The van der Waals surface area contributed by atoms with Crippen LogP contribution in [0.1, 0.15) is 29.3 Å². The molecule has 0 fully saturated rings. The van der Waals surface area contributed by atoms with Crippen LogP contribution in [0.3, 0.4) is 0 Å². The van der Waals surface area contributed by atoms with Crippen LogP contribution in [0.25, 0.3) is 10.6 Å². The van der Waals surface area contributed by atoms with Gasteiger partial charge in [-0.2, -0.15) is 21.6 Å². The lowest BCUT2D eigenvalue weighted by molar-refractivity contribution is -0.0500. The van der Waals surface area contributed by atoms with Gasteiger partial charge in [-0.05, 0) is 30.0 Å². The number of thiazole rings is 1. The Balaban J connectivity index is 2.17. The molecule has 0 saturated heterocycles. The largest absolute Gasteiger partial charge is 0.534 e. The molecule has 10 heteroatoms. The molecule has 1 aromatic carbocycles. The third-order valence-corrected chi connectivity index (χ3v) is 5.56. The number of carbonyl (C=O) groups excluding carboxylic acids is 1. The van der Waals surface area contributed by atoms with Gasteiger partial charge >= 0.3 is 15.6 Å². The number of fused-ring (bicyclic) bond motifs is 1. The zero-order valence-electron chi connectivity index (χ0n) is 12.8. The Bertz CT molecular complexity index is 921. The number of Topliss-reactive ketones (excluding diaryl/α,β-unsaturated/α-hetero) is 1. The summed E-state index contributed by atoms with van der Waals surface area (Å²) in [4.78, 5) is 16.6. The highest BCUT2D eigenvalue weighted by Gasteiger charge is 2.49. The first-order valence-corrected chi connectivity index (χ1v) is 9.48. The molecule has 134 valence electrons. The maximum atomic E-state index is 12.6. The minimum absolute atomic E-state index is 0.0202. The van der Waals surface area contributed by atoms with Crippen LogP contribution in [0, 0.1) is 5.92 Å². The number of hydrogen-bond donors (Lipinski definition) is 0. The Kier molecular flexibility index (Phi) is 4.36. The summed E-state index contributed by atoms with van der Waals surface area (Å²) in [5.74, 6) is -1.06. The van der Waals surface area contributed by atoms with Crippen molar-refractivity contribution in [1.82, 2.24) is 4.98 Å². The van der Waals surface area contributed by atoms with Crippen LogP contribution in [-0.4, -0.2) is 24.7 Å². The molecule has 0 saturated carbocycles. The maximum Gasteiger partial charge on any atom is 0.534 e. The van der Waals surface area contributed by atoms with Crippen LogP contribution in [0.15, 0.2) is 23.7 Å². The molecular formula is C15H12F3NO4S2. The quantitative estimate of drug-likeness (QED) is 0.588. The molecule has 0 bridgehead atoms. The molecule has 0 aliphatic heterocycles. The SMILES string of the molecule is CC1CC(=O)c2c(OS(=O)(=O)C(F)(F)F)ccc(-c3nccs3)c2C1. The second-order valence-electron chi connectivity index (χ2n) is 5.72. The molecule has 1 heterocycles. The van der Waals surface area contributed by atoms with E-state index in [-0.39, 0.29) is 17.9 Å². The molecule has 0 N–H and O–H groups in total. The van der Waals surface area contributed by atoms with Gasteiger partial charge in [-0.1, -0.05) is 6.92 Å². The predicted octanol–water partition coefficient (Wildman–Crippen LogP) is 3.80. The molecule has 0 spiro atoms. The summed E-state index contributed by atoms with van der Waals surface area (Å²) in [7, 11) is -5.85. The first-order valence-electron chi connectivity index (χ1n) is 7.20. The van der Waals surface area contributed by atoms with E-state index < -0.39 is 27.2 Å². The van der Waals surface area contributed by atoms with Crippen molar-refractivity contribution < 1.29 is 30.6 Å². The minimum atomic E-state index is -5.85. The monoisotopic (exact) mass is 391 g/mol. The molecule has 0 amide bonds. The summed E-state index contributed by atoms with van der Waals surface area (Å²) < 4.78 is 64.7. The second-order valence-corrected chi connectivity index (χ2v) is 8.15. The third kappa shape index (κ3) is 3.28. The van der Waals surface area contributed by atoms with Crippen LogP contribution < -0.4 is 4.18 Å². The van der Waals surface area contributed by atoms with Gasteiger partial charge in [0, 0.05) is 23.6 Å². The summed E-state index contributed by atoms with van der Waals surface area (Å²) in [5, 5.41) is 2.33. The van der Waals surface area contributed by atoms with Crippen molar-refractivity contribution >= 4 is 27.2 Å². The molecule has 1 aliphatic carbocycles. The van der Waals surface area contributed by atoms with Crippen molar-refractivity contribution in [3.05, 3.63) is 34.8 Å². The number of carbonyl (C=O) groups is 1. The summed E-state index contributed by atoms with van der Waals surface area (Å²) in [6.07, 6.45) is 2.09. The molecule has 1 unspecified atom stereocenters. The van der Waals surface area contributed by atoms with Gasteiger partial charge in [-0.25, -0.2) is 4.98 Å². The van der Waals surface area contributed by atoms with Gasteiger partial charge in [-0.3, -0.25) is 4.79 Å². The van der Waals surface area contributed by atoms with Crippen molar-refractivity contribution in [3.63, 3.8) is 0 Å². The van der Waals surface area contributed by atoms with Gasteiger partial charge in [0.15, 0.2) is 11.5 Å². The Hall–Kier alpha value is -1.94. The lowest BCUT2D eigenvalue weighted by Crippen LogP contribution is -2.29. The topological polar surface area (TPSA) is 73.3 Å². The first-order chi connectivity index (χ1) is 11.6. The number of hydrogen-bond acceptors (Lipinski definition) is 6. The maximum absolute atomic E-state index is 12.6. The summed E-state index contributed by atoms with van der Waals surface area (Å²) in [6, 6.07) is 2.51. The van der Waals surface area contributed by atoms with Crippen molar-refractivity contribution in [2.45, 2.75) is 25.3 Å². The molecule has 1 aliphatic rings. The standard InChI is InChI=1S/C15H12F3NO4S2/c1-8-6-10-9(14-19-4-5-24-14)2-3-12(13(10)11(20)7-8)23-25(21,22)15(16,17)18/h2-5,8H,6-7H2,1H3. The predicted molar refractivity (Wildman–Crippen MR) is 85.0 cm³/mol. The Morgan fingerprint density at radius 2 is 2.00 bits per heavy atom. The van der Waals surface area contributed by atoms with Gasteiger partial charge < -0.3 is 4.18 Å². The second kappa shape index (κ2) is 6.10. The summed E-state index contributed by atoms with van der Waals surface area (Å²) in [5.41, 5.74) is -4.62. The Morgan fingerprint density at radius 1 is 1.28 bits per heavy atom. The van der Waals surface area contributed by atoms with E-state index in [1.807, 2.05) is 6.92 Å². The van der Waals surface area contributed by atoms with E-state index >= 15 is 0 Å². The van der Waals surface area contributed by atoms with Gasteiger partial charge in [0.2, 0.25) is 0 Å². The molecule has 1 atom stereocenters. The number of alkyl halides is 3. The third-order valence-electron chi connectivity index (χ3n) is 3.79. The Labute approximate surface area is 145 Å². The lowest BCUT2D eigenvalue weighted by atomic mass is 9.81. The van der Waals surface area contributed by atoms with Crippen molar-refractivity contribution in [2.75, 3.05) is 0 Å². The number of aromatic nitrogens is 1. The smallest absolute Gasteiger partial charge is 0.375 e. The fourth-order valence-electron chi connectivity index (χ4n) is 2.77. The molecule has 25 heavy (non-hydrogen) atoms. The summed E-state index contributed by atoms with van der Waals surface area (Å²) >= 11 is 1.31. The van der Waals surface area contributed by atoms with E-state index in [4.69, 9.17) is 0 Å². The molecule has 3 rings (SSSR count). The van der Waals surface area contributed by atoms with Crippen LogP contribution >= 0.6 is 11.3 Å². The van der Waals surface area contributed by atoms with Gasteiger partial charge in [0.1, 0.15) is 5.01 Å². The zero-order chi connectivity index (χ0) is 18.4. The zero-order valence-corrected chi connectivity index (χ0v) is 14.5. The number of ketones is 1. The molecule has 1 aromatic heterocycles. The normalized spacial score (nSPS) is 18.1. The molecule has 0 radical (unpaired) electrons. The molecular weight excluding hydrogens is 379 g/mol. The number of nitrogens with zero attached hydrogens (tertiary/aromatic N) is 1. The average Bonchev–Trinajstić information content (AvgIpc) is 2.99. The average molecular weight is 391 g/mol. The van der Waals surface area contributed by atoms with Crippen LogP contribution in [0.2, 0.25) is 0 Å². The fourth-order valence-corrected chi connectivity index (χ4v) is 3.94. The van der Waals surface area contributed by atoms with E-state index in [1.165, 1.54) is 17.4 Å². The van der Waals surface area contributed by atoms with E-state index in [2.05, 4.69) is 9.17 Å². The Morgan fingerprint density at radius 3 is 2.60 bits per heavy atom. The van der Waals surface area contributed by atoms with Gasteiger partial charge in [0.05, 0.1) is 5.56 Å². The first kappa shape index (κ1) is 17.9. The minimum Gasteiger partial charge on any atom is -0.375 e. The van der Waals surface area contributed by atoms with Crippen LogP contribution in [0.4, 0.5) is 13.2 Å². The molecule has 5 nitrogen and oxygen atoms in total. The van der Waals surface area contributed by atoms with Crippen molar-refractivity contribution in [3.8, 4) is 16.3 Å². The van der Waals surface area contributed by atoms with Crippen LogP contribution in [0.5, 0.6) is 5.75 Å². The van der Waals surface area contributed by atoms with Gasteiger partial charge in [-0.15, -0.1) is 11.3 Å². The van der Waals surface area contributed by atoms with E-state index in [1.54, 1.807) is 11.6 Å². The van der Waals surface area contributed by atoms with E-state index in [0.29, 0.717) is 22.6 Å². The number of benzene rings is 1. The van der Waals surface area contributed by atoms with Gasteiger partial charge in [0.25, 0.3) is 0 Å². The van der Waals surface area contributed by atoms with Crippen molar-refractivity contribution in [2.24, 2.45) is 5.92 Å². The summed E-state index contributed by atoms with van der Waals surface area (Å²) in [6.45, 7) is 1.84. The highest BCUT2D eigenvalue weighted by Crippen LogP contribution is 2.40. The van der Waals surface area contributed by atoms with E-state index in [9.17, 15) is 26.4 Å². The molecule has 2 aromatic rings. The lowest BCUT2D eigenvalue weighted by Gasteiger charge is -2.24. The number of halogens is 3. The fraction of sp³-hybridized carbons (Fsp3) is 0.333. The highest BCUT2D eigenvalue weighted by atomic mass is 32.2. The highest BCUT2D eigenvalue weighted by molar-refractivity contribution is 7.88. The van der Waals surface area contributed by atoms with E-state index in [0.717, 1.165) is 6.07 Å². The number of rotatable bonds is 3.